The van der Waals surface area contributed by atoms with Crippen molar-refractivity contribution in [1.82, 2.24) is 4.90 Å². The van der Waals surface area contributed by atoms with Crippen molar-refractivity contribution in [2.45, 2.75) is 6.54 Å². The summed E-state index contributed by atoms with van der Waals surface area (Å²) in [6.45, 7) is 0.445. The minimum atomic E-state index is -0.256. The number of aliphatic hydroxyl groups is 1. The van der Waals surface area contributed by atoms with Crippen molar-refractivity contribution in [2.24, 2.45) is 0 Å². The quantitative estimate of drug-likeness (QED) is 0.706. The fourth-order valence-corrected chi connectivity index (χ4v) is 3.25. The number of hydrogen-bond donors (Lipinski definition) is 1. The van der Waals surface area contributed by atoms with Crippen molar-refractivity contribution in [3.05, 3.63) is 52.0 Å². The molecule has 0 unspecified atom stereocenters. The largest absolute Gasteiger partial charge is 0.493 e. The molecule has 0 aliphatic carbocycles. The van der Waals surface area contributed by atoms with Gasteiger partial charge in [0, 0.05) is 13.1 Å². The Kier molecular flexibility index (Phi) is 7.29. The summed E-state index contributed by atoms with van der Waals surface area (Å²) in [4.78, 5) is 14.7. The highest BCUT2D eigenvalue weighted by atomic mass is 79.9. The molecule has 2 aromatic rings. The molecule has 0 radical (unpaired) electrons. The predicted octanol–water partition coefficient (Wildman–Crippen LogP) is 3.11. The topological polar surface area (TPSA) is 68.2 Å². The minimum Gasteiger partial charge on any atom is -0.493 e. The number of carbonyl (C=O) groups excluding carboxylic acids is 1. The van der Waals surface area contributed by atoms with Gasteiger partial charge >= 0.3 is 0 Å². The number of amides is 1. The van der Waals surface area contributed by atoms with Crippen LogP contribution in [0.25, 0.3) is 0 Å². The van der Waals surface area contributed by atoms with E-state index in [-0.39, 0.29) is 19.1 Å². The van der Waals surface area contributed by atoms with Crippen molar-refractivity contribution < 1.29 is 24.1 Å². The second kappa shape index (κ2) is 9.45. The zero-order valence-electron chi connectivity index (χ0n) is 15.0. The molecule has 2 rings (SSSR count). The zero-order chi connectivity index (χ0) is 19.1. The molecule has 0 fully saturated rings. The fourth-order valence-electron chi connectivity index (χ4n) is 2.62. The molecule has 0 heterocycles. The van der Waals surface area contributed by atoms with Gasteiger partial charge in [-0.25, -0.2) is 0 Å². The third-order valence-corrected chi connectivity index (χ3v) is 4.66. The first-order valence-electron chi connectivity index (χ1n) is 7.99. The summed E-state index contributed by atoms with van der Waals surface area (Å²) in [5.41, 5.74) is 1.33. The summed E-state index contributed by atoms with van der Waals surface area (Å²) in [6, 6.07) is 11.2. The van der Waals surface area contributed by atoms with Gasteiger partial charge in [-0.15, -0.1) is 0 Å². The third kappa shape index (κ3) is 4.28. The van der Waals surface area contributed by atoms with Crippen molar-refractivity contribution in [3.63, 3.8) is 0 Å². The molecular formula is C19H22BrNO5. The lowest BCUT2D eigenvalue weighted by atomic mass is 10.1. The molecule has 0 saturated heterocycles. The van der Waals surface area contributed by atoms with Gasteiger partial charge in [-0.1, -0.05) is 30.3 Å². The molecule has 0 atom stereocenters. The molecule has 0 aliphatic heterocycles. The van der Waals surface area contributed by atoms with Gasteiger partial charge in [0.25, 0.3) is 5.91 Å². The average molecular weight is 424 g/mol. The molecule has 7 heteroatoms. The number of aliphatic hydroxyl groups excluding tert-OH is 1. The van der Waals surface area contributed by atoms with E-state index < -0.39 is 0 Å². The first-order valence-corrected chi connectivity index (χ1v) is 8.79. The predicted molar refractivity (Wildman–Crippen MR) is 102 cm³/mol. The van der Waals surface area contributed by atoms with E-state index >= 15 is 0 Å². The molecular weight excluding hydrogens is 402 g/mol. The maximum absolute atomic E-state index is 13.1. The van der Waals surface area contributed by atoms with E-state index in [9.17, 15) is 9.90 Å². The Morgan fingerprint density at radius 1 is 1.08 bits per heavy atom. The molecule has 1 N–H and O–H groups in total. The fraction of sp³-hybridized carbons (Fsp3) is 0.316. The summed E-state index contributed by atoms with van der Waals surface area (Å²) in [5, 5.41) is 9.39. The van der Waals surface area contributed by atoms with Crippen LogP contribution in [0.2, 0.25) is 0 Å². The van der Waals surface area contributed by atoms with Gasteiger partial charge in [0.05, 0.1) is 38.0 Å². The molecule has 1 amide bonds. The van der Waals surface area contributed by atoms with Gasteiger partial charge in [-0.05, 0) is 27.6 Å². The Labute approximate surface area is 161 Å². The summed E-state index contributed by atoms with van der Waals surface area (Å²) < 4.78 is 16.5. The van der Waals surface area contributed by atoms with Crippen molar-refractivity contribution in [1.29, 1.82) is 0 Å². The molecule has 6 nitrogen and oxygen atoms in total. The SMILES string of the molecule is COc1cc(C(=O)N(CCO)Cc2ccccc2)c(Br)c(OC)c1OC. The van der Waals surface area contributed by atoms with Gasteiger partial charge in [-0.3, -0.25) is 4.79 Å². The standard InChI is InChI=1S/C19H22BrNO5/c1-24-15-11-14(16(20)18(26-3)17(15)25-2)19(23)21(9-10-22)12-13-7-5-4-6-8-13/h4-8,11,22H,9-10,12H2,1-3H3. The normalized spacial score (nSPS) is 10.3. The van der Waals surface area contributed by atoms with E-state index in [1.807, 2.05) is 30.3 Å². The van der Waals surface area contributed by atoms with E-state index in [1.54, 1.807) is 11.0 Å². The second-order valence-corrected chi connectivity index (χ2v) is 6.24. The Bertz CT molecular complexity index is 751. The van der Waals surface area contributed by atoms with E-state index in [1.165, 1.54) is 21.3 Å². The average Bonchev–Trinajstić information content (AvgIpc) is 2.67. The Balaban J connectivity index is 2.44. The van der Waals surface area contributed by atoms with Crippen molar-refractivity contribution in [3.8, 4) is 17.2 Å². The maximum atomic E-state index is 13.1. The molecule has 26 heavy (non-hydrogen) atoms. The number of methoxy groups -OCH3 is 3. The molecule has 0 aromatic heterocycles. The van der Waals surface area contributed by atoms with E-state index in [4.69, 9.17) is 14.2 Å². The number of carbonyl (C=O) groups is 1. The first-order chi connectivity index (χ1) is 12.6. The molecule has 2 aromatic carbocycles. The van der Waals surface area contributed by atoms with E-state index in [0.717, 1.165) is 5.56 Å². The molecule has 0 bridgehead atoms. The van der Waals surface area contributed by atoms with Crippen LogP contribution in [0.3, 0.4) is 0 Å². The van der Waals surface area contributed by atoms with Crippen LogP contribution in [-0.4, -0.2) is 50.4 Å². The van der Waals surface area contributed by atoms with Crippen molar-refractivity contribution in [2.75, 3.05) is 34.5 Å². The third-order valence-electron chi connectivity index (χ3n) is 3.87. The monoisotopic (exact) mass is 423 g/mol. The number of benzene rings is 2. The number of hydrogen-bond acceptors (Lipinski definition) is 5. The lowest BCUT2D eigenvalue weighted by molar-refractivity contribution is 0.0706. The van der Waals surface area contributed by atoms with Crippen LogP contribution in [0, 0.1) is 0 Å². The number of ether oxygens (including phenoxy) is 3. The summed E-state index contributed by atoms with van der Waals surface area (Å²) in [7, 11) is 4.49. The smallest absolute Gasteiger partial charge is 0.255 e. The molecule has 0 aliphatic rings. The number of nitrogens with zero attached hydrogens (tertiary/aromatic N) is 1. The summed E-state index contributed by atoms with van der Waals surface area (Å²) in [5.74, 6) is 0.905. The van der Waals surface area contributed by atoms with Crippen LogP contribution < -0.4 is 14.2 Å². The Morgan fingerprint density at radius 2 is 1.73 bits per heavy atom. The van der Waals surface area contributed by atoms with Crippen molar-refractivity contribution >= 4 is 21.8 Å². The lowest BCUT2D eigenvalue weighted by Crippen LogP contribution is -2.33. The van der Waals surface area contributed by atoms with Gasteiger partial charge in [-0.2, -0.15) is 0 Å². The maximum Gasteiger partial charge on any atom is 0.255 e. The minimum absolute atomic E-state index is 0.138. The highest BCUT2D eigenvalue weighted by molar-refractivity contribution is 9.10. The van der Waals surface area contributed by atoms with E-state index in [0.29, 0.717) is 33.8 Å². The van der Waals surface area contributed by atoms with Gasteiger partial charge < -0.3 is 24.2 Å². The second-order valence-electron chi connectivity index (χ2n) is 5.44. The van der Waals surface area contributed by atoms with Crippen LogP contribution in [0.15, 0.2) is 40.9 Å². The lowest BCUT2D eigenvalue weighted by Gasteiger charge is -2.24. The van der Waals surface area contributed by atoms with Crippen LogP contribution >= 0.6 is 15.9 Å². The Morgan fingerprint density at radius 3 is 2.27 bits per heavy atom. The molecule has 140 valence electrons. The summed E-state index contributed by atoms with van der Waals surface area (Å²) >= 11 is 3.43. The highest BCUT2D eigenvalue weighted by Crippen LogP contribution is 2.45. The van der Waals surface area contributed by atoms with Gasteiger partial charge in [0.2, 0.25) is 5.75 Å². The summed E-state index contributed by atoms with van der Waals surface area (Å²) in [6.07, 6.45) is 0. The van der Waals surface area contributed by atoms with Gasteiger partial charge in [0.15, 0.2) is 11.5 Å². The Hall–Kier alpha value is -2.25. The molecule has 0 saturated carbocycles. The van der Waals surface area contributed by atoms with E-state index in [2.05, 4.69) is 15.9 Å². The number of halogens is 1. The van der Waals surface area contributed by atoms with Gasteiger partial charge in [0.1, 0.15) is 0 Å². The molecule has 0 spiro atoms. The number of rotatable bonds is 8. The zero-order valence-corrected chi connectivity index (χ0v) is 16.6. The van der Waals surface area contributed by atoms with Crippen LogP contribution in [0.1, 0.15) is 15.9 Å². The first kappa shape index (κ1) is 20.1. The van der Waals surface area contributed by atoms with Crippen LogP contribution in [-0.2, 0) is 6.54 Å². The highest BCUT2D eigenvalue weighted by Gasteiger charge is 2.25. The van der Waals surface area contributed by atoms with Crippen LogP contribution in [0.5, 0.6) is 17.2 Å². The van der Waals surface area contributed by atoms with Crippen LogP contribution in [0.4, 0.5) is 0 Å².